The Bertz CT molecular complexity index is 170. The first kappa shape index (κ1) is 7.40. The molecule has 0 aromatic rings. The van der Waals surface area contributed by atoms with Crippen molar-refractivity contribution in [2.24, 2.45) is 0 Å². The van der Waals surface area contributed by atoms with Crippen LogP contribution in [-0.2, 0) is 4.79 Å². The normalized spacial score (nSPS) is 18.0. The van der Waals surface area contributed by atoms with Gasteiger partial charge < -0.3 is 10.0 Å². The van der Waals surface area contributed by atoms with Crippen LogP contribution in [0.25, 0.3) is 0 Å². The molecule has 10 heavy (non-hydrogen) atoms. The van der Waals surface area contributed by atoms with Crippen molar-refractivity contribution in [3.8, 4) is 0 Å². The Hall–Kier alpha value is -0.710. The van der Waals surface area contributed by atoms with E-state index in [-0.39, 0.29) is 11.8 Å². The molecule has 1 heterocycles. The molecule has 0 spiro atoms. The van der Waals surface area contributed by atoms with Crippen LogP contribution in [-0.4, -0.2) is 40.1 Å². The Balaban J connectivity index is 2.40. The molecule has 1 amide bonds. The van der Waals surface area contributed by atoms with Gasteiger partial charge in [0.05, 0.1) is 0 Å². The zero-order valence-corrected chi connectivity index (χ0v) is 6.06. The molecule has 4 nitrogen and oxygen atoms in total. The van der Waals surface area contributed by atoms with E-state index < -0.39 is 5.97 Å². The number of carbonyl (C=O) groups excluding carboxylic acids is 1. The van der Waals surface area contributed by atoms with Crippen molar-refractivity contribution in [3.63, 3.8) is 0 Å². The van der Waals surface area contributed by atoms with E-state index in [4.69, 9.17) is 5.11 Å². The Morgan fingerprint density at radius 1 is 1.80 bits per heavy atom. The van der Waals surface area contributed by atoms with Crippen LogP contribution >= 0.6 is 11.8 Å². The van der Waals surface area contributed by atoms with Crippen molar-refractivity contribution >= 4 is 23.0 Å². The number of carboxylic acids is 1. The van der Waals surface area contributed by atoms with Crippen molar-refractivity contribution in [2.75, 3.05) is 18.8 Å². The van der Waals surface area contributed by atoms with Gasteiger partial charge in [0.1, 0.15) is 6.54 Å². The number of rotatable bonds is 2. The quantitative estimate of drug-likeness (QED) is 0.630. The molecule has 0 aromatic heterocycles. The van der Waals surface area contributed by atoms with Crippen LogP contribution < -0.4 is 0 Å². The SMILES string of the molecule is O=C(O)CN1CCSC1=O. The molecule has 0 radical (unpaired) electrons. The molecule has 1 N–H and O–H groups in total. The zero-order chi connectivity index (χ0) is 7.56. The molecule has 5 heteroatoms. The summed E-state index contributed by atoms with van der Waals surface area (Å²) in [4.78, 5) is 22.2. The average molecular weight is 161 g/mol. The lowest BCUT2D eigenvalue weighted by Crippen LogP contribution is -2.29. The summed E-state index contributed by atoms with van der Waals surface area (Å²) in [5.74, 6) is -0.234. The van der Waals surface area contributed by atoms with E-state index in [9.17, 15) is 9.59 Å². The van der Waals surface area contributed by atoms with Crippen LogP contribution in [0.1, 0.15) is 0 Å². The molecule has 1 saturated heterocycles. The second kappa shape index (κ2) is 2.92. The number of amides is 1. The maximum absolute atomic E-state index is 10.7. The number of carboxylic acid groups (broad SMARTS) is 1. The van der Waals surface area contributed by atoms with Gasteiger partial charge in [0.2, 0.25) is 0 Å². The summed E-state index contributed by atoms with van der Waals surface area (Å²) in [6, 6.07) is 0. The van der Waals surface area contributed by atoms with Gasteiger partial charge in [-0.15, -0.1) is 0 Å². The van der Waals surface area contributed by atoms with Gasteiger partial charge in [-0.3, -0.25) is 9.59 Å². The molecule has 0 aromatic carbocycles. The van der Waals surface area contributed by atoms with E-state index >= 15 is 0 Å². The van der Waals surface area contributed by atoms with Gasteiger partial charge >= 0.3 is 5.97 Å². The molecular weight excluding hydrogens is 154 g/mol. The highest BCUT2D eigenvalue weighted by atomic mass is 32.2. The van der Waals surface area contributed by atoms with E-state index in [0.717, 1.165) is 0 Å². The van der Waals surface area contributed by atoms with E-state index in [1.807, 2.05) is 0 Å². The van der Waals surface area contributed by atoms with Crippen molar-refractivity contribution in [1.82, 2.24) is 4.90 Å². The van der Waals surface area contributed by atoms with Crippen molar-refractivity contribution < 1.29 is 14.7 Å². The molecule has 0 bridgehead atoms. The summed E-state index contributed by atoms with van der Waals surface area (Å²) < 4.78 is 0. The Labute approximate surface area is 62.2 Å². The lowest BCUT2D eigenvalue weighted by molar-refractivity contribution is -0.137. The minimum atomic E-state index is -0.948. The molecule has 56 valence electrons. The van der Waals surface area contributed by atoms with Gasteiger partial charge in [-0.25, -0.2) is 0 Å². The number of thioether (sulfide) groups is 1. The van der Waals surface area contributed by atoms with E-state index in [1.54, 1.807) is 0 Å². The molecule has 0 atom stereocenters. The Morgan fingerprint density at radius 2 is 2.50 bits per heavy atom. The fourth-order valence-corrected chi connectivity index (χ4v) is 1.56. The van der Waals surface area contributed by atoms with Gasteiger partial charge in [0, 0.05) is 12.3 Å². The monoisotopic (exact) mass is 161 g/mol. The second-order valence-corrected chi connectivity index (χ2v) is 2.98. The zero-order valence-electron chi connectivity index (χ0n) is 5.24. The number of carbonyl (C=O) groups is 2. The maximum Gasteiger partial charge on any atom is 0.323 e. The second-order valence-electron chi connectivity index (χ2n) is 1.93. The van der Waals surface area contributed by atoms with Crippen LogP contribution in [0.5, 0.6) is 0 Å². The van der Waals surface area contributed by atoms with Crippen molar-refractivity contribution in [3.05, 3.63) is 0 Å². The third-order valence-corrected chi connectivity index (χ3v) is 2.06. The molecule has 0 aliphatic carbocycles. The molecule has 1 rings (SSSR count). The lowest BCUT2D eigenvalue weighted by atomic mass is 10.5. The lowest BCUT2D eigenvalue weighted by Gasteiger charge is -2.09. The van der Waals surface area contributed by atoms with Crippen LogP contribution in [0.2, 0.25) is 0 Å². The minimum Gasteiger partial charge on any atom is -0.480 e. The summed E-state index contributed by atoms with van der Waals surface area (Å²) in [6.07, 6.45) is 0. The number of aliphatic carboxylic acids is 1. The third-order valence-electron chi connectivity index (χ3n) is 1.17. The number of hydrogen-bond donors (Lipinski definition) is 1. The summed E-state index contributed by atoms with van der Waals surface area (Å²) in [5.41, 5.74) is 0. The number of nitrogens with zero attached hydrogens (tertiary/aromatic N) is 1. The van der Waals surface area contributed by atoms with Crippen molar-refractivity contribution in [1.29, 1.82) is 0 Å². The summed E-state index contributed by atoms with van der Waals surface area (Å²) in [6.45, 7) is 0.404. The van der Waals surface area contributed by atoms with Gasteiger partial charge in [-0.1, -0.05) is 11.8 Å². The Morgan fingerprint density at radius 3 is 2.90 bits per heavy atom. The molecule has 1 fully saturated rings. The van der Waals surface area contributed by atoms with Gasteiger partial charge in [-0.05, 0) is 0 Å². The molecule has 0 unspecified atom stereocenters. The molecule has 1 aliphatic heterocycles. The van der Waals surface area contributed by atoms with Gasteiger partial charge in [0.15, 0.2) is 0 Å². The maximum atomic E-state index is 10.7. The first-order valence-electron chi connectivity index (χ1n) is 2.83. The first-order chi connectivity index (χ1) is 4.70. The highest BCUT2D eigenvalue weighted by Crippen LogP contribution is 2.15. The average Bonchev–Trinajstić information content (AvgIpc) is 2.15. The van der Waals surface area contributed by atoms with Crippen LogP contribution in [0.15, 0.2) is 0 Å². The van der Waals surface area contributed by atoms with Gasteiger partial charge in [-0.2, -0.15) is 0 Å². The van der Waals surface area contributed by atoms with Crippen LogP contribution in [0.3, 0.4) is 0 Å². The Kier molecular flexibility index (Phi) is 2.16. The topological polar surface area (TPSA) is 57.6 Å². The van der Waals surface area contributed by atoms with Crippen molar-refractivity contribution in [2.45, 2.75) is 0 Å². The predicted octanol–water partition coefficient (Wildman–Crippen LogP) is 0.240. The number of hydrogen-bond acceptors (Lipinski definition) is 3. The predicted molar refractivity (Wildman–Crippen MR) is 37.1 cm³/mol. The summed E-state index contributed by atoms with van der Waals surface area (Å²) >= 11 is 1.17. The fraction of sp³-hybridized carbons (Fsp3) is 0.600. The largest absolute Gasteiger partial charge is 0.480 e. The fourth-order valence-electron chi connectivity index (χ4n) is 0.733. The standard InChI is InChI=1S/C5H7NO3S/c7-4(8)3-6-1-2-10-5(6)9/h1-3H2,(H,7,8). The first-order valence-corrected chi connectivity index (χ1v) is 3.82. The smallest absolute Gasteiger partial charge is 0.323 e. The highest BCUT2D eigenvalue weighted by Gasteiger charge is 2.22. The third kappa shape index (κ3) is 1.63. The van der Waals surface area contributed by atoms with Crippen LogP contribution in [0.4, 0.5) is 4.79 Å². The van der Waals surface area contributed by atoms with E-state index in [0.29, 0.717) is 12.3 Å². The summed E-state index contributed by atoms with van der Waals surface area (Å²) in [7, 11) is 0. The minimum absolute atomic E-state index is 0.123. The van der Waals surface area contributed by atoms with Gasteiger partial charge in [0.25, 0.3) is 5.24 Å². The molecule has 1 aliphatic rings. The summed E-state index contributed by atoms with van der Waals surface area (Å²) in [5, 5.41) is 8.17. The molecular formula is C5H7NO3S. The van der Waals surface area contributed by atoms with E-state index in [1.165, 1.54) is 16.7 Å². The molecule has 0 saturated carbocycles. The van der Waals surface area contributed by atoms with E-state index in [2.05, 4.69) is 0 Å². The highest BCUT2D eigenvalue weighted by molar-refractivity contribution is 8.13. The van der Waals surface area contributed by atoms with Crippen LogP contribution in [0, 0.1) is 0 Å².